The van der Waals surface area contributed by atoms with Gasteiger partial charge in [-0.25, -0.2) is 0 Å². The first-order valence-electron chi connectivity index (χ1n) is 6.34. The van der Waals surface area contributed by atoms with Crippen LogP contribution in [0.25, 0.3) is 0 Å². The number of halogens is 1. The van der Waals surface area contributed by atoms with Crippen molar-refractivity contribution in [2.75, 3.05) is 0 Å². The van der Waals surface area contributed by atoms with Crippen LogP contribution in [0.4, 0.5) is 4.32 Å². The Morgan fingerprint density at radius 3 is 2.58 bits per heavy atom. The van der Waals surface area contributed by atoms with Crippen LogP contribution in [0.1, 0.15) is 40.3 Å². The molecule has 0 bridgehead atoms. The standard InChI is InChI=1S/C13H19BFNO3/c1-12(2,3)11(17)14(15)18-13(4,5)10-8-6-7-9-16(10)19-14/h6-9H,1-5H3. The lowest BCUT2D eigenvalue weighted by molar-refractivity contribution is -0.882. The van der Waals surface area contributed by atoms with Crippen LogP contribution in [-0.4, -0.2) is 12.5 Å². The first-order chi connectivity index (χ1) is 8.56. The van der Waals surface area contributed by atoms with Gasteiger partial charge in [-0.05, 0) is 30.1 Å². The zero-order chi connectivity index (χ0) is 14.5. The van der Waals surface area contributed by atoms with Crippen LogP contribution in [0.2, 0.25) is 0 Å². The Bertz CT molecular complexity index is 527. The number of carbonyl (C=O) groups is 1. The first-order valence-corrected chi connectivity index (χ1v) is 6.34. The van der Waals surface area contributed by atoms with Gasteiger partial charge in [0.2, 0.25) is 6.20 Å². The second kappa shape index (κ2) is 4.03. The Balaban J connectivity index is 2.48. The maximum atomic E-state index is 14.9. The predicted molar refractivity (Wildman–Crippen MR) is 68.7 cm³/mol. The molecule has 0 radical (unpaired) electrons. The van der Waals surface area contributed by atoms with Gasteiger partial charge in [-0.1, -0.05) is 20.8 Å². The van der Waals surface area contributed by atoms with Gasteiger partial charge in [0.15, 0.2) is 0 Å². The third-order valence-corrected chi connectivity index (χ3v) is 3.19. The minimum atomic E-state index is -3.52. The largest absolute Gasteiger partial charge is 0.592 e. The normalized spacial score (nSPS) is 25.4. The maximum absolute atomic E-state index is 14.9. The molecule has 0 saturated carbocycles. The maximum Gasteiger partial charge on any atom is 0.592 e. The van der Waals surface area contributed by atoms with E-state index in [1.165, 1.54) is 4.73 Å². The van der Waals surface area contributed by atoms with Crippen molar-refractivity contribution in [1.82, 2.24) is 0 Å². The van der Waals surface area contributed by atoms with Gasteiger partial charge in [-0.15, -0.1) is 0 Å². The molecular weight excluding hydrogens is 248 g/mol. The molecule has 1 aromatic rings. The molecular formula is C13H19BFNO3. The van der Waals surface area contributed by atoms with Crippen molar-refractivity contribution in [3.63, 3.8) is 0 Å². The first kappa shape index (κ1) is 14.0. The summed E-state index contributed by atoms with van der Waals surface area (Å²) in [6.07, 6.45) is 1.58. The van der Waals surface area contributed by atoms with Crippen LogP contribution in [0, 0.1) is 5.41 Å². The fourth-order valence-electron chi connectivity index (χ4n) is 2.21. The third-order valence-electron chi connectivity index (χ3n) is 3.19. The number of hydrogen-bond donors (Lipinski definition) is 0. The molecule has 1 unspecified atom stereocenters. The fraction of sp³-hybridized carbons (Fsp3) is 0.538. The van der Waals surface area contributed by atoms with E-state index in [1.54, 1.807) is 52.9 Å². The van der Waals surface area contributed by atoms with Crippen molar-refractivity contribution in [2.24, 2.45) is 5.41 Å². The lowest BCUT2D eigenvalue weighted by Gasteiger charge is -2.43. The molecule has 0 aliphatic carbocycles. The average Bonchev–Trinajstić information content (AvgIpc) is 2.25. The number of fused-ring (bicyclic) bond motifs is 1. The Morgan fingerprint density at radius 2 is 2.00 bits per heavy atom. The van der Waals surface area contributed by atoms with Gasteiger partial charge >= 0.3 is 6.83 Å². The molecule has 1 aliphatic rings. The minimum Gasteiger partial charge on any atom is -0.509 e. The number of rotatable bonds is 1. The summed E-state index contributed by atoms with van der Waals surface area (Å²) in [6.45, 7) is 4.83. The van der Waals surface area contributed by atoms with E-state index in [0.717, 1.165) is 0 Å². The Morgan fingerprint density at radius 1 is 1.37 bits per heavy atom. The molecule has 1 aliphatic heterocycles. The van der Waals surface area contributed by atoms with E-state index >= 15 is 0 Å². The zero-order valence-electron chi connectivity index (χ0n) is 11.9. The summed E-state index contributed by atoms with van der Waals surface area (Å²) >= 11 is 0. The molecule has 0 spiro atoms. The number of nitrogens with zero attached hydrogens (tertiary/aromatic N) is 1. The topological polar surface area (TPSA) is 39.4 Å². The average molecular weight is 267 g/mol. The number of carbonyl (C=O) groups excluding carboxylic acids is 1. The molecule has 1 aromatic heterocycles. The molecule has 0 fully saturated rings. The van der Waals surface area contributed by atoms with Gasteiger partial charge in [0.25, 0.3) is 5.69 Å². The van der Waals surface area contributed by atoms with Gasteiger partial charge in [0, 0.05) is 12.1 Å². The number of pyridine rings is 1. The monoisotopic (exact) mass is 267 g/mol. The molecule has 0 amide bonds. The number of aromatic nitrogens is 1. The van der Waals surface area contributed by atoms with Gasteiger partial charge in [-0.2, -0.15) is 0 Å². The summed E-state index contributed by atoms with van der Waals surface area (Å²) in [6, 6.07) is 5.30. The number of hydrogen-bond acceptors (Lipinski definition) is 3. The van der Waals surface area contributed by atoms with E-state index in [9.17, 15) is 9.11 Å². The van der Waals surface area contributed by atoms with Gasteiger partial charge in [0.1, 0.15) is 5.60 Å². The molecule has 4 nitrogen and oxygen atoms in total. The van der Waals surface area contributed by atoms with E-state index in [-0.39, 0.29) is 0 Å². The quantitative estimate of drug-likeness (QED) is 0.574. The Labute approximate surface area is 112 Å². The molecule has 0 aromatic carbocycles. The molecule has 0 N–H and O–H groups in total. The van der Waals surface area contributed by atoms with Crippen LogP contribution in [0.15, 0.2) is 24.4 Å². The van der Waals surface area contributed by atoms with E-state index < -0.39 is 23.5 Å². The third kappa shape index (κ3) is 2.37. The van der Waals surface area contributed by atoms with Gasteiger partial charge in [-0.3, -0.25) is 0 Å². The van der Waals surface area contributed by atoms with Gasteiger partial charge in [0.05, 0.1) is 5.68 Å². The highest BCUT2D eigenvalue weighted by atomic mass is 19.1. The van der Waals surface area contributed by atoms with Crippen LogP contribution >= 0.6 is 0 Å². The summed E-state index contributed by atoms with van der Waals surface area (Å²) in [7, 11) is 0. The van der Waals surface area contributed by atoms with E-state index in [1.807, 2.05) is 6.07 Å². The smallest absolute Gasteiger partial charge is 0.509 e. The second-order valence-electron chi connectivity index (χ2n) is 6.38. The van der Waals surface area contributed by atoms with Crippen LogP contribution < -0.4 is 9.49 Å². The molecule has 104 valence electrons. The van der Waals surface area contributed by atoms with Crippen LogP contribution in [-0.2, 0) is 15.0 Å². The summed E-state index contributed by atoms with van der Waals surface area (Å²) in [5.74, 6) is 0. The van der Waals surface area contributed by atoms with Crippen molar-refractivity contribution in [1.29, 1.82) is 0 Å². The van der Waals surface area contributed by atoms with Crippen molar-refractivity contribution < 1.29 is 23.3 Å². The zero-order valence-corrected chi connectivity index (χ0v) is 11.9. The van der Waals surface area contributed by atoms with Crippen molar-refractivity contribution in [3.05, 3.63) is 30.1 Å². The summed E-state index contributed by atoms with van der Waals surface area (Å²) < 4.78 is 26.7. The summed E-state index contributed by atoms with van der Waals surface area (Å²) in [5, 5.41) is 0. The predicted octanol–water partition coefficient (Wildman–Crippen LogP) is 1.73. The minimum absolute atomic E-state index is 0.659. The van der Waals surface area contributed by atoms with Crippen LogP contribution in [0.5, 0.6) is 0 Å². The van der Waals surface area contributed by atoms with Crippen molar-refractivity contribution in [2.45, 2.75) is 40.2 Å². The highest BCUT2D eigenvalue weighted by Crippen LogP contribution is 2.33. The Kier molecular flexibility index (Phi) is 2.97. The summed E-state index contributed by atoms with van der Waals surface area (Å²) in [5.41, 5.74) is -1.83. The Hall–Kier alpha value is -1.43. The lowest BCUT2D eigenvalue weighted by Crippen LogP contribution is -2.73. The highest BCUT2D eigenvalue weighted by Gasteiger charge is 2.56. The SMILES string of the molecule is CC(C)(C)C(=O)[B-]1(F)O[n+]2ccccc2C(C)(C)O1. The molecule has 1 atom stereocenters. The fourth-order valence-corrected chi connectivity index (χ4v) is 2.21. The van der Waals surface area contributed by atoms with Crippen LogP contribution in [0.3, 0.4) is 0 Å². The van der Waals surface area contributed by atoms with E-state index in [2.05, 4.69) is 0 Å². The van der Waals surface area contributed by atoms with E-state index in [4.69, 9.17) is 9.41 Å². The lowest BCUT2D eigenvalue weighted by atomic mass is 9.64. The molecule has 2 rings (SSSR count). The van der Waals surface area contributed by atoms with Crippen molar-refractivity contribution >= 4 is 12.5 Å². The van der Waals surface area contributed by atoms with Gasteiger partial charge < -0.3 is 18.5 Å². The molecule has 6 heteroatoms. The van der Waals surface area contributed by atoms with E-state index in [0.29, 0.717) is 5.69 Å². The molecule has 2 heterocycles. The highest BCUT2D eigenvalue weighted by molar-refractivity contribution is 6.92. The molecule has 19 heavy (non-hydrogen) atoms. The second-order valence-corrected chi connectivity index (χ2v) is 6.38. The molecule has 0 saturated heterocycles. The van der Waals surface area contributed by atoms with Crippen molar-refractivity contribution in [3.8, 4) is 0 Å². The summed E-state index contributed by atoms with van der Waals surface area (Å²) in [4.78, 5) is 12.2.